The van der Waals surface area contributed by atoms with Crippen molar-refractivity contribution in [3.05, 3.63) is 0 Å². The largest absolute Gasteiger partial charge is 0.328 e. The van der Waals surface area contributed by atoms with E-state index >= 15 is 0 Å². The molecule has 0 heterocycles. The number of amides is 2. The summed E-state index contributed by atoms with van der Waals surface area (Å²) < 4.78 is 0. The molecular formula is C11H18N2O3S2. The first kappa shape index (κ1) is 17.3. The molecule has 0 aliphatic carbocycles. The first-order chi connectivity index (χ1) is 8.67. The average Bonchev–Trinajstić information content (AvgIpc) is 2.39. The van der Waals surface area contributed by atoms with Gasteiger partial charge in [-0.15, -0.1) is 0 Å². The van der Waals surface area contributed by atoms with Crippen molar-refractivity contribution in [2.45, 2.75) is 24.9 Å². The van der Waals surface area contributed by atoms with E-state index in [1.165, 1.54) is 0 Å². The standard InChI is InChI=1S/C11H18N2O3S2/c1-17-5-3-9(7-14)12-11(16)13-10(8-15)4-6-18-2/h9-10H,3-6H2,1-2H3,(H2,12,13,16)/t9-,10-/m0/s1. The van der Waals surface area contributed by atoms with Gasteiger partial charge in [0.1, 0.15) is 0 Å². The van der Waals surface area contributed by atoms with Crippen molar-refractivity contribution in [2.75, 3.05) is 24.0 Å². The Morgan fingerprint density at radius 3 is 1.67 bits per heavy atom. The monoisotopic (exact) mass is 290 g/mol. The first-order valence-corrected chi connectivity index (χ1v) is 8.27. The van der Waals surface area contributed by atoms with Gasteiger partial charge in [-0.2, -0.15) is 23.5 Å². The lowest BCUT2D eigenvalue weighted by molar-refractivity contribution is 0.237. The van der Waals surface area contributed by atoms with E-state index in [0.29, 0.717) is 12.8 Å². The van der Waals surface area contributed by atoms with Gasteiger partial charge in [-0.1, -0.05) is 0 Å². The normalized spacial score (nSPS) is 13.4. The van der Waals surface area contributed by atoms with Crippen LogP contribution in [0.5, 0.6) is 0 Å². The summed E-state index contributed by atoms with van der Waals surface area (Å²) in [5, 5.41) is 4.94. The molecule has 2 atom stereocenters. The van der Waals surface area contributed by atoms with Crippen LogP contribution in [-0.4, -0.2) is 54.7 Å². The Balaban J connectivity index is 4.04. The number of hydrogen-bond acceptors (Lipinski definition) is 5. The Morgan fingerprint density at radius 2 is 1.39 bits per heavy atom. The van der Waals surface area contributed by atoms with Crippen molar-refractivity contribution in [1.82, 2.24) is 10.6 Å². The molecule has 0 rings (SSSR count). The van der Waals surface area contributed by atoms with Crippen LogP contribution >= 0.6 is 23.5 Å². The van der Waals surface area contributed by atoms with Crippen molar-refractivity contribution < 1.29 is 14.4 Å². The number of thioether (sulfide) groups is 2. The highest BCUT2D eigenvalue weighted by Gasteiger charge is 2.15. The predicted molar refractivity (Wildman–Crippen MR) is 76.6 cm³/mol. The maximum atomic E-state index is 11.5. The van der Waals surface area contributed by atoms with Gasteiger partial charge in [-0.25, -0.2) is 4.79 Å². The topological polar surface area (TPSA) is 75.3 Å². The maximum absolute atomic E-state index is 11.5. The third kappa shape index (κ3) is 8.41. The van der Waals surface area contributed by atoms with Crippen molar-refractivity contribution in [2.24, 2.45) is 0 Å². The predicted octanol–water partition coefficient (Wildman–Crippen LogP) is 0.748. The van der Waals surface area contributed by atoms with Crippen LogP contribution in [0.3, 0.4) is 0 Å². The minimum absolute atomic E-state index is 0.526. The van der Waals surface area contributed by atoms with Gasteiger partial charge in [-0.05, 0) is 36.9 Å². The number of carbonyl (C=O) groups is 1. The van der Waals surface area contributed by atoms with Crippen molar-refractivity contribution >= 4 is 42.1 Å². The Labute approximate surface area is 116 Å². The van der Waals surface area contributed by atoms with Gasteiger partial charge in [-0.3, -0.25) is 9.59 Å². The van der Waals surface area contributed by atoms with Gasteiger partial charge >= 0.3 is 6.03 Å². The highest BCUT2D eigenvalue weighted by molar-refractivity contribution is 7.98. The zero-order valence-electron chi connectivity index (χ0n) is 10.5. The molecule has 2 amide bonds. The summed E-state index contributed by atoms with van der Waals surface area (Å²) in [6, 6.07) is -1.80. The molecule has 0 saturated heterocycles. The molecule has 0 spiro atoms. The first-order valence-electron chi connectivity index (χ1n) is 5.48. The highest BCUT2D eigenvalue weighted by Crippen LogP contribution is 2.00. The van der Waals surface area contributed by atoms with Crippen LogP contribution in [0.1, 0.15) is 12.8 Å². The van der Waals surface area contributed by atoms with Crippen molar-refractivity contribution in [3.63, 3.8) is 0 Å². The lowest BCUT2D eigenvalue weighted by Gasteiger charge is -2.15. The lowest BCUT2D eigenvalue weighted by atomic mass is 10.2. The Hall–Kier alpha value is -0.690. The molecule has 7 heteroatoms. The fourth-order valence-electron chi connectivity index (χ4n) is 1.15. The minimum Gasteiger partial charge on any atom is -0.328 e. The maximum Gasteiger partial charge on any atom is 0.315 e. The summed E-state index contributed by atoms with van der Waals surface area (Å²) in [6.45, 7) is 0. The molecule has 18 heavy (non-hydrogen) atoms. The molecule has 0 unspecified atom stereocenters. The van der Waals surface area contributed by atoms with E-state index in [0.717, 1.165) is 11.5 Å². The molecule has 0 aliphatic rings. The van der Waals surface area contributed by atoms with Crippen molar-refractivity contribution in [3.8, 4) is 0 Å². The van der Waals surface area contributed by atoms with E-state index in [2.05, 4.69) is 10.6 Å². The van der Waals surface area contributed by atoms with Gasteiger partial charge in [0.05, 0.1) is 12.1 Å². The second-order valence-corrected chi connectivity index (χ2v) is 5.49. The Bertz CT molecular complexity index is 241. The molecule has 2 N–H and O–H groups in total. The number of urea groups is 1. The highest BCUT2D eigenvalue weighted by atomic mass is 32.2. The van der Waals surface area contributed by atoms with Crippen LogP contribution in [0.15, 0.2) is 0 Å². The van der Waals surface area contributed by atoms with Crippen LogP contribution in [0.2, 0.25) is 0 Å². The van der Waals surface area contributed by atoms with Crippen LogP contribution in [0, 0.1) is 0 Å². The molecule has 2 radical (unpaired) electrons. The molecule has 0 aliphatic heterocycles. The molecular weight excluding hydrogens is 272 g/mol. The van der Waals surface area contributed by atoms with Crippen LogP contribution in [-0.2, 0) is 9.59 Å². The molecule has 0 fully saturated rings. The van der Waals surface area contributed by atoms with E-state index in [1.807, 2.05) is 12.5 Å². The van der Waals surface area contributed by atoms with E-state index in [9.17, 15) is 14.4 Å². The molecule has 0 saturated carbocycles. The number of carbonyl (C=O) groups excluding carboxylic acids is 3. The fraction of sp³-hybridized carbons (Fsp3) is 0.727. The quantitative estimate of drug-likeness (QED) is 0.621. The molecule has 0 aromatic carbocycles. The summed E-state index contributed by atoms with van der Waals surface area (Å²) in [5.41, 5.74) is 0. The summed E-state index contributed by atoms with van der Waals surface area (Å²) in [7, 11) is 0. The Kier molecular flexibility index (Phi) is 11.0. The van der Waals surface area contributed by atoms with Crippen LogP contribution in [0.4, 0.5) is 4.79 Å². The van der Waals surface area contributed by atoms with Gasteiger partial charge in [0.2, 0.25) is 12.6 Å². The second kappa shape index (κ2) is 11.4. The third-order valence-corrected chi connectivity index (χ3v) is 3.40. The van der Waals surface area contributed by atoms with Gasteiger partial charge in [0, 0.05) is 0 Å². The van der Waals surface area contributed by atoms with Crippen LogP contribution < -0.4 is 10.6 Å². The molecule has 0 bridgehead atoms. The van der Waals surface area contributed by atoms with Gasteiger partial charge < -0.3 is 10.6 Å². The lowest BCUT2D eigenvalue weighted by Crippen LogP contribution is -2.47. The number of hydrogen-bond donors (Lipinski definition) is 2. The summed E-state index contributed by atoms with van der Waals surface area (Å²) in [6.07, 6.45) is 8.42. The smallest absolute Gasteiger partial charge is 0.315 e. The molecule has 0 aromatic heterocycles. The molecule has 5 nitrogen and oxygen atoms in total. The van der Waals surface area contributed by atoms with E-state index in [4.69, 9.17) is 0 Å². The zero-order chi connectivity index (χ0) is 13.8. The summed E-state index contributed by atoms with van der Waals surface area (Å²) in [5.74, 6) is 1.52. The zero-order valence-corrected chi connectivity index (χ0v) is 12.2. The van der Waals surface area contributed by atoms with Crippen LogP contribution in [0.25, 0.3) is 0 Å². The van der Waals surface area contributed by atoms with E-state index in [1.54, 1.807) is 36.1 Å². The summed E-state index contributed by atoms with van der Waals surface area (Å²) >= 11 is 3.17. The van der Waals surface area contributed by atoms with Gasteiger partial charge in [0.15, 0.2) is 0 Å². The average molecular weight is 290 g/mol. The number of nitrogens with one attached hydrogen (secondary N) is 2. The minimum atomic E-state index is -0.634. The van der Waals surface area contributed by atoms with E-state index in [-0.39, 0.29) is 0 Å². The SMILES string of the molecule is CSCC[C@@H]([C]=O)NC(=O)N[C@H]([C]=O)CCSC. The summed E-state index contributed by atoms with van der Waals surface area (Å²) in [4.78, 5) is 32.7. The second-order valence-electron chi connectivity index (χ2n) is 3.52. The van der Waals surface area contributed by atoms with E-state index < -0.39 is 18.1 Å². The third-order valence-electron chi connectivity index (χ3n) is 2.12. The van der Waals surface area contributed by atoms with Crippen molar-refractivity contribution in [1.29, 1.82) is 0 Å². The number of rotatable bonds is 10. The fourth-order valence-corrected chi connectivity index (χ4v) is 2.09. The molecule has 0 aromatic rings. The Morgan fingerprint density at radius 1 is 1.00 bits per heavy atom. The van der Waals surface area contributed by atoms with Gasteiger partial charge in [0.25, 0.3) is 0 Å². The molecule has 102 valence electrons.